The maximum atomic E-state index is 13.4. The van der Waals surface area contributed by atoms with E-state index in [0.717, 1.165) is 6.54 Å². The summed E-state index contributed by atoms with van der Waals surface area (Å²) >= 11 is 0. The fourth-order valence-corrected chi connectivity index (χ4v) is 4.40. The highest BCUT2D eigenvalue weighted by Crippen LogP contribution is 2.20. The molecule has 1 saturated heterocycles. The Morgan fingerprint density at radius 2 is 1.67 bits per heavy atom. The van der Waals surface area contributed by atoms with Crippen molar-refractivity contribution in [2.75, 3.05) is 26.2 Å². The molecule has 128 valence electrons. The minimum absolute atomic E-state index is 0.165. The molecule has 0 N–H and O–H groups in total. The number of hydrogen-bond acceptors (Lipinski definition) is 3. The Morgan fingerprint density at radius 1 is 1.00 bits per heavy atom. The second-order valence-corrected chi connectivity index (χ2v) is 8.01. The van der Waals surface area contributed by atoms with Gasteiger partial charge in [0.05, 0.1) is 4.90 Å². The van der Waals surface area contributed by atoms with Crippen LogP contribution in [0.1, 0.15) is 11.1 Å². The number of benzene rings is 2. The third kappa shape index (κ3) is 3.66. The molecule has 1 heterocycles. The number of piperazine rings is 1. The van der Waals surface area contributed by atoms with Crippen molar-refractivity contribution >= 4 is 10.0 Å². The van der Waals surface area contributed by atoms with Gasteiger partial charge >= 0.3 is 0 Å². The topological polar surface area (TPSA) is 40.6 Å². The maximum absolute atomic E-state index is 13.4. The van der Waals surface area contributed by atoms with Gasteiger partial charge in [-0.2, -0.15) is 4.31 Å². The second-order valence-electron chi connectivity index (χ2n) is 6.08. The summed E-state index contributed by atoms with van der Waals surface area (Å²) in [7, 11) is -3.56. The zero-order valence-electron chi connectivity index (χ0n) is 13.7. The number of hydrogen-bond donors (Lipinski definition) is 0. The van der Waals surface area contributed by atoms with Gasteiger partial charge in [0.1, 0.15) is 5.82 Å². The molecule has 1 aliphatic heterocycles. The molecule has 1 fully saturated rings. The molecule has 6 heteroatoms. The molecular weight excluding hydrogens is 327 g/mol. The van der Waals surface area contributed by atoms with Gasteiger partial charge in [-0.1, -0.05) is 30.3 Å². The van der Waals surface area contributed by atoms with Gasteiger partial charge in [0.25, 0.3) is 0 Å². The SMILES string of the molecule is Cc1cc(S(=O)(=O)N2CCN(Cc3ccccc3)CC2)ccc1F. The summed E-state index contributed by atoms with van der Waals surface area (Å²) in [6.07, 6.45) is 0. The van der Waals surface area contributed by atoms with E-state index in [9.17, 15) is 12.8 Å². The van der Waals surface area contributed by atoms with E-state index in [-0.39, 0.29) is 10.7 Å². The van der Waals surface area contributed by atoms with Crippen molar-refractivity contribution in [1.29, 1.82) is 0 Å². The van der Waals surface area contributed by atoms with Gasteiger partial charge in [0.15, 0.2) is 0 Å². The summed E-state index contributed by atoms with van der Waals surface area (Å²) in [4.78, 5) is 2.41. The molecule has 2 aromatic carbocycles. The highest BCUT2D eigenvalue weighted by atomic mass is 32.2. The highest BCUT2D eigenvalue weighted by Gasteiger charge is 2.28. The van der Waals surface area contributed by atoms with E-state index < -0.39 is 10.0 Å². The van der Waals surface area contributed by atoms with E-state index in [0.29, 0.717) is 31.7 Å². The Kier molecular flexibility index (Phi) is 4.99. The third-order valence-corrected chi connectivity index (χ3v) is 6.24. The molecule has 2 aromatic rings. The molecule has 0 radical (unpaired) electrons. The number of aryl methyl sites for hydroxylation is 1. The molecule has 0 saturated carbocycles. The van der Waals surface area contributed by atoms with Gasteiger partial charge in [-0.05, 0) is 36.2 Å². The van der Waals surface area contributed by atoms with Crippen LogP contribution in [0.2, 0.25) is 0 Å². The fourth-order valence-electron chi connectivity index (χ4n) is 2.90. The second kappa shape index (κ2) is 7.01. The zero-order valence-corrected chi connectivity index (χ0v) is 14.5. The van der Waals surface area contributed by atoms with Crippen molar-refractivity contribution in [1.82, 2.24) is 9.21 Å². The van der Waals surface area contributed by atoms with Crippen LogP contribution in [0, 0.1) is 12.7 Å². The van der Waals surface area contributed by atoms with Crippen LogP contribution in [-0.4, -0.2) is 43.8 Å². The third-order valence-electron chi connectivity index (χ3n) is 4.35. The average molecular weight is 348 g/mol. The smallest absolute Gasteiger partial charge is 0.243 e. The Labute approximate surface area is 142 Å². The first-order chi connectivity index (χ1) is 11.5. The summed E-state index contributed by atoms with van der Waals surface area (Å²) in [6.45, 7) is 4.68. The predicted molar refractivity (Wildman–Crippen MR) is 91.6 cm³/mol. The van der Waals surface area contributed by atoms with E-state index in [1.54, 1.807) is 6.92 Å². The summed E-state index contributed by atoms with van der Waals surface area (Å²) < 4.78 is 40.3. The quantitative estimate of drug-likeness (QED) is 0.853. The van der Waals surface area contributed by atoms with E-state index in [2.05, 4.69) is 17.0 Å². The Balaban J connectivity index is 1.66. The monoisotopic (exact) mass is 348 g/mol. The van der Waals surface area contributed by atoms with Crippen LogP contribution < -0.4 is 0 Å². The largest absolute Gasteiger partial charge is 0.296 e. The van der Waals surface area contributed by atoms with Crippen molar-refractivity contribution < 1.29 is 12.8 Å². The predicted octanol–water partition coefficient (Wildman–Crippen LogP) is 2.64. The fraction of sp³-hybridized carbons (Fsp3) is 0.333. The van der Waals surface area contributed by atoms with Gasteiger partial charge in [0, 0.05) is 32.7 Å². The molecule has 0 aliphatic carbocycles. The molecule has 0 amide bonds. The molecule has 0 bridgehead atoms. The van der Waals surface area contributed by atoms with Crippen LogP contribution >= 0.6 is 0 Å². The van der Waals surface area contributed by atoms with Crippen LogP contribution in [-0.2, 0) is 16.6 Å². The lowest BCUT2D eigenvalue weighted by atomic mass is 10.2. The standard InChI is InChI=1S/C18H21FN2O2S/c1-15-13-17(7-8-18(15)19)24(22,23)21-11-9-20(10-12-21)14-16-5-3-2-4-6-16/h2-8,13H,9-12,14H2,1H3. The summed E-state index contributed by atoms with van der Waals surface area (Å²) in [5.74, 6) is -0.387. The number of rotatable bonds is 4. The molecule has 0 atom stereocenters. The first-order valence-electron chi connectivity index (χ1n) is 7.99. The van der Waals surface area contributed by atoms with Gasteiger partial charge in [-0.3, -0.25) is 4.90 Å². The molecule has 0 aromatic heterocycles. The first kappa shape index (κ1) is 17.1. The minimum Gasteiger partial charge on any atom is -0.296 e. The lowest BCUT2D eigenvalue weighted by Gasteiger charge is -2.34. The Bertz CT molecular complexity index is 801. The van der Waals surface area contributed by atoms with Gasteiger partial charge in [0.2, 0.25) is 10.0 Å². The van der Waals surface area contributed by atoms with Crippen LogP contribution in [0.4, 0.5) is 4.39 Å². The molecular formula is C18H21FN2O2S. The normalized spacial score (nSPS) is 17.1. The van der Waals surface area contributed by atoms with Crippen LogP contribution in [0.3, 0.4) is 0 Å². The average Bonchev–Trinajstić information content (AvgIpc) is 2.58. The van der Waals surface area contributed by atoms with Crippen molar-refractivity contribution in [3.05, 3.63) is 65.5 Å². The first-order valence-corrected chi connectivity index (χ1v) is 9.43. The zero-order chi connectivity index (χ0) is 17.2. The van der Waals surface area contributed by atoms with Gasteiger partial charge < -0.3 is 0 Å². The molecule has 1 aliphatic rings. The highest BCUT2D eigenvalue weighted by molar-refractivity contribution is 7.89. The minimum atomic E-state index is -3.56. The Hall–Kier alpha value is -1.76. The van der Waals surface area contributed by atoms with E-state index in [1.165, 1.54) is 28.1 Å². The Morgan fingerprint density at radius 3 is 2.29 bits per heavy atom. The van der Waals surface area contributed by atoms with E-state index >= 15 is 0 Å². The molecule has 3 rings (SSSR count). The number of sulfonamides is 1. The molecule has 0 unspecified atom stereocenters. The van der Waals surface area contributed by atoms with Crippen molar-refractivity contribution in [3.8, 4) is 0 Å². The van der Waals surface area contributed by atoms with Crippen molar-refractivity contribution in [3.63, 3.8) is 0 Å². The lowest BCUT2D eigenvalue weighted by molar-refractivity contribution is 0.181. The van der Waals surface area contributed by atoms with Gasteiger partial charge in [-0.25, -0.2) is 12.8 Å². The number of halogens is 1. The van der Waals surface area contributed by atoms with E-state index in [1.807, 2.05) is 18.2 Å². The summed E-state index contributed by atoms with van der Waals surface area (Å²) in [5.41, 5.74) is 1.57. The lowest BCUT2D eigenvalue weighted by Crippen LogP contribution is -2.48. The van der Waals surface area contributed by atoms with Gasteiger partial charge in [-0.15, -0.1) is 0 Å². The summed E-state index contributed by atoms with van der Waals surface area (Å²) in [5, 5.41) is 0. The van der Waals surface area contributed by atoms with Crippen molar-refractivity contribution in [2.45, 2.75) is 18.4 Å². The number of nitrogens with zero attached hydrogens (tertiary/aromatic N) is 2. The van der Waals surface area contributed by atoms with Crippen LogP contribution in [0.25, 0.3) is 0 Å². The maximum Gasteiger partial charge on any atom is 0.243 e. The van der Waals surface area contributed by atoms with Crippen molar-refractivity contribution in [2.24, 2.45) is 0 Å². The molecule has 0 spiro atoms. The molecule has 4 nitrogen and oxygen atoms in total. The van der Waals surface area contributed by atoms with E-state index in [4.69, 9.17) is 0 Å². The summed E-state index contributed by atoms with van der Waals surface area (Å²) in [6, 6.07) is 14.1. The van der Waals surface area contributed by atoms with Crippen LogP contribution in [0.15, 0.2) is 53.4 Å². The van der Waals surface area contributed by atoms with Crippen LogP contribution in [0.5, 0.6) is 0 Å². The molecule has 24 heavy (non-hydrogen) atoms.